The third kappa shape index (κ3) is 181. The van der Waals surface area contributed by atoms with Gasteiger partial charge in [-0.25, -0.2) is 0 Å². The molecular weight excluding hydrogens is 591 g/mol. The number of hydrogen-bond acceptors (Lipinski definition) is 0. The van der Waals surface area contributed by atoms with Gasteiger partial charge in [-0.15, -0.1) is 0 Å². The molecule has 0 heterocycles. The fourth-order valence-electron chi connectivity index (χ4n) is 0. The van der Waals surface area contributed by atoms with Gasteiger partial charge in [-0.05, 0) is 0 Å². The van der Waals surface area contributed by atoms with E-state index in [1.165, 1.54) is 0 Å². The molecule has 0 saturated carbocycles. The van der Waals surface area contributed by atoms with Crippen LogP contribution >= 0.6 is 0 Å². The summed E-state index contributed by atoms with van der Waals surface area (Å²) in [4.78, 5) is 0. The van der Waals surface area contributed by atoms with Crippen LogP contribution in [0.5, 0.6) is 0 Å². The van der Waals surface area contributed by atoms with Gasteiger partial charge in [0.2, 0.25) is 0 Å². The summed E-state index contributed by atoms with van der Waals surface area (Å²) in [6.07, 6.45) is 0. The molecule has 0 unspecified atom stereocenters. The Morgan fingerprint density at radius 2 is 0.0769 bits per heavy atom. The first-order valence-electron chi connectivity index (χ1n) is 0. The third-order valence-electron chi connectivity index (χ3n) is 0. The fraction of sp³-hybridized carbons (Fsp3) is 0. The maximum absolute atomic E-state index is 0. The van der Waals surface area contributed by atoms with E-state index in [1.807, 2.05) is 0 Å². The molecule has 0 aliphatic carbocycles. The van der Waals surface area contributed by atoms with Crippen LogP contribution in [-0.2, 0) is 0 Å². The molecule has 0 amide bonds. The van der Waals surface area contributed by atoms with Gasteiger partial charge in [-0.2, -0.15) is 0 Å². The van der Waals surface area contributed by atoms with Crippen molar-refractivity contribution >= 4 is 739 Å². The molecule has 0 atom stereocenters. The van der Waals surface area contributed by atoms with Gasteiger partial charge >= 0.3 is 739 Å². The molecule has 58 valence electrons. The Morgan fingerprint density at radius 3 is 0.0769 bits per heavy atom. The Morgan fingerprint density at radius 1 is 0.0769 bits per heavy atom. The Hall–Kier alpha value is 25.0. The van der Waals surface area contributed by atoms with Crippen molar-refractivity contribution in [2.24, 2.45) is 0 Å². The summed E-state index contributed by atoms with van der Waals surface area (Å²) < 4.78 is 0. The van der Waals surface area contributed by atoms with Crippen molar-refractivity contribution < 1.29 is 5.48 Å². The summed E-state index contributed by atoms with van der Waals surface area (Å²) in [7, 11) is 0. The van der Waals surface area contributed by atoms with Crippen LogP contribution in [0, 0.1) is 0 Å². The van der Waals surface area contributed by atoms with Crippen LogP contribution in [0.2, 0.25) is 0 Å². The van der Waals surface area contributed by atoms with E-state index >= 15 is 0 Å². The van der Waals surface area contributed by atoms with Crippen LogP contribution in [0.15, 0.2) is 0 Å². The molecule has 1 nitrogen and oxygen atoms in total. The van der Waals surface area contributed by atoms with E-state index in [4.69, 9.17) is 0 Å². The first-order valence-corrected chi connectivity index (χ1v) is 0. The second-order valence-electron chi connectivity index (χ2n) is 0. The summed E-state index contributed by atoms with van der Waals surface area (Å²) in [5.74, 6) is 0. The molecular formula is H27Na25O. The first kappa shape index (κ1) is 204. The van der Waals surface area contributed by atoms with E-state index in [9.17, 15) is 0 Å². The summed E-state index contributed by atoms with van der Waals surface area (Å²) in [5, 5.41) is 0. The van der Waals surface area contributed by atoms with Crippen LogP contribution in [0.3, 0.4) is 0 Å². The Labute approximate surface area is 717 Å². The van der Waals surface area contributed by atoms with Gasteiger partial charge in [0, 0.05) is 0 Å². The number of rotatable bonds is 0. The minimum absolute atomic E-state index is 0. The molecule has 0 spiro atoms. The predicted octanol–water partition coefficient (Wildman–Crippen LogP) is -17.0. The standard InChI is InChI=1S/25Na.H2O.25H/h;;;;;;;;;;;;;;;;;;;;;;;;;1H2;;;;;;;;;;;;;;;;;;;;;;;;;. The van der Waals surface area contributed by atoms with Gasteiger partial charge in [-0.1, -0.05) is 0 Å². The SMILES string of the molecule is O.[NaH].[NaH].[NaH].[NaH].[NaH].[NaH].[NaH].[NaH].[NaH].[NaH].[NaH].[NaH].[NaH].[NaH].[NaH].[NaH].[NaH].[NaH].[NaH].[NaH].[NaH].[NaH].[NaH].[NaH].[NaH]. The van der Waals surface area contributed by atoms with Gasteiger partial charge in [0.25, 0.3) is 0 Å². The molecule has 26 heteroatoms. The summed E-state index contributed by atoms with van der Waals surface area (Å²) in [5.41, 5.74) is 0. The van der Waals surface area contributed by atoms with Gasteiger partial charge in [0.15, 0.2) is 0 Å². The van der Waals surface area contributed by atoms with Crippen molar-refractivity contribution in [3.8, 4) is 0 Å². The molecule has 0 fully saturated rings. The molecule has 0 aromatic rings. The molecule has 0 rings (SSSR count). The maximum atomic E-state index is 0. The summed E-state index contributed by atoms with van der Waals surface area (Å²) in [6, 6.07) is 0. The third-order valence-corrected chi connectivity index (χ3v) is 0. The van der Waals surface area contributed by atoms with Crippen molar-refractivity contribution in [1.29, 1.82) is 0 Å². The minimum atomic E-state index is 0. The molecule has 0 bridgehead atoms. The van der Waals surface area contributed by atoms with E-state index in [2.05, 4.69) is 0 Å². The predicted molar refractivity (Wildman–Crippen MR) is 182 cm³/mol. The van der Waals surface area contributed by atoms with Crippen molar-refractivity contribution in [1.82, 2.24) is 0 Å². The normalized spacial score (nSPS) is 0. The second kappa shape index (κ2) is 192. The zero-order valence-electron chi connectivity index (χ0n) is 0.500. The topological polar surface area (TPSA) is 31.5 Å². The van der Waals surface area contributed by atoms with Gasteiger partial charge in [0.05, 0.1) is 0 Å². The van der Waals surface area contributed by atoms with Crippen LogP contribution < -0.4 is 0 Å². The van der Waals surface area contributed by atoms with Crippen LogP contribution in [0.4, 0.5) is 0 Å². The monoisotopic (exact) mass is 618 g/mol. The van der Waals surface area contributed by atoms with Gasteiger partial charge in [0.1, 0.15) is 0 Å². The van der Waals surface area contributed by atoms with E-state index in [0.717, 1.165) is 0 Å². The van der Waals surface area contributed by atoms with Crippen molar-refractivity contribution in [3.63, 3.8) is 0 Å². The van der Waals surface area contributed by atoms with Crippen molar-refractivity contribution in [3.05, 3.63) is 0 Å². The fourth-order valence-corrected chi connectivity index (χ4v) is 0. The average molecular weight is 618 g/mol. The zero-order chi connectivity index (χ0) is 0. The molecule has 0 aromatic heterocycles. The quantitative estimate of drug-likeness (QED) is 0.242. The van der Waals surface area contributed by atoms with E-state index in [0.29, 0.717) is 0 Å². The van der Waals surface area contributed by atoms with Crippen molar-refractivity contribution in [2.75, 3.05) is 0 Å². The van der Waals surface area contributed by atoms with E-state index < -0.39 is 0 Å². The first-order chi connectivity index (χ1) is 0. The second-order valence-corrected chi connectivity index (χ2v) is 0. The van der Waals surface area contributed by atoms with Crippen LogP contribution in [0.1, 0.15) is 0 Å². The summed E-state index contributed by atoms with van der Waals surface area (Å²) >= 11 is 0. The zero-order valence-corrected chi connectivity index (χ0v) is 0.500. The average Bonchev–Trinajstić information content (AvgIpc) is 0. The molecule has 2 N–H and O–H groups in total. The van der Waals surface area contributed by atoms with Crippen LogP contribution in [-0.4, -0.2) is 744 Å². The summed E-state index contributed by atoms with van der Waals surface area (Å²) in [6.45, 7) is 0. The Balaban J connectivity index is 0. The van der Waals surface area contributed by atoms with Gasteiger partial charge in [-0.3, -0.25) is 0 Å². The van der Waals surface area contributed by atoms with Crippen LogP contribution in [0.25, 0.3) is 0 Å². The Kier molecular flexibility index (Phi) is 1510. The van der Waals surface area contributed by atoms with Gasteiger partial charge < -0.3 is 5.48 Å². The van der Waals surface area contributed by atoms with E-state index in [-0.39, 0.29) is 744 Å². The Bertz CT molecular complexity index is 6.12. The van der Waals surface area contributed by atoms with Crippen molar-refractivity contribution in [2.45, 2.75) is 0 Å². The molecule has 0 aromatic carbocycles. The molecule has 0 aliphatic heterocycles. The molecule has 0 saturated heterocycles. The molecule has 0 aliphatic rings. The number of hydrogen-bond donors (Lipinski definition) is 0. The van der Waals surface area contributed by atoms with E-state index in [1.54, 1.807) is 0 Å². The molecule has 26 heavy (non-hydrogen) atoms. The molecule has 0 radical (unpaired) electrons.